The average molecular weight is 210 g/mol. The molecule has 0 aromatic heterocycles. The van der Waals surface area contributed by atoms with Gasteiger partial charge in [0, 0.05) is 17.5 Å². The van der Waals surface area contributed by atoms with Gasteiger partial charge in [0.2, 0.25) is 0 Å². The molecular formula is C11H11FO3. The van der Waals surface area contributed by atoms with E-state index in [1.165, 1.54) is 19.2 Å². The van der Waals surface area contributed by atoms with Gasteiger partial charge < -0.3 is 9.47 Å². The van der Waals surface area contributed by atoms with Gasteiger partial charge >= 0.3 is 5.97 Å². The standard InChI is InChI=1S/C11H11FO3/c1-6-5-15-10-4-9(12)8(3-7(6)10)11(13)14-2/h3-4,6H,5H2,1-2H3. The zero-order valence-corrected chi connectivity index (χ0v) is 8.54. The maximum absolute atomic E-state index is 13.4. The first-order valence-electron chi connectivity index (χ1n) is 4.68. The number of carbonyl (C=O) groups excluding carboxylic acids is 1. The molecule has 80 valence electrons. The summed E-state index contributed by atoms with van der Waals surface area (Å²) in [5.41, 5.74) is 0.824. The van der Waals surface area contributed by atoms with Crippen molar-refractivity contribution in [2.45, 2.75) is 12.8 Å². The van der Waals surface area contributed by atoms with Gasteiger partial charge in [0.15, 0.2) is 0 Å². The Kier molecular flexibility index (Phi) is 2.34. The summed E-state index contributed by atoms with van der Waals surface area (Å²) < 4.78 is 23.2. The molecule has 0 bridgehead atoms. The quantitative estimate of drug-likeness (QED) is 0.666. The maximum Gasteiger partial charge on any atom is 0.340 e. The SMILES string of the molecule is COC(=O)c1cc2c(cc1F)OCC2C. The largest absolute Gasteiger partial charge is 0.493 e. The third-order valence-electron chi connectivity index (χ3n) is 2.52. The van der Waals surface area contributed by atoms with Crippen molar-refractivity contribution < 1.29 is 18.7 Å². The van der Waals surface area contributed by atoms with Gasteiger partial charge in [0.25, 0.3) is 0 Å². The second-order valence-corrected chi connectivity index (χ2v) is 3.57. The van der Waals surface area contributed by atoms with Crippen LogP contribution in [0.15, 0.2) is 12.1 Å². The van der Waals surface area contributed by atoms with Gasteiger partial charge in [-0.05, 0) is 6.07 Å². The molecule has 0 saturated heterocycles. The molecule has 0 fully saturated rings. The van der Waals surface area contributed by atoms with E-state index < -0.39 is 11.8 Å². The summed E-state index contributed by atoms with van der Waals surface area (Å²) in [7, 11) is 1.23. The van der Waals surface area contributed by atoms with Crippen LogP contribution in [0.4, 0.5) is 4.39 Å². The molecule has 1 heterocycles. The molecule has 2 rings (SSSR count). The molecule has 1 aliphatic heterocycles. The van der Waals surface area contributed by atoms with E-state index >= 15 is 0 Å². The highest BCUT2D eigenvalue weighted by Crippen LogP contribution is 2.35. The number of methoxy groups -OCH3 is 1. The third-order valence-corrected chi connectivity index (χ3v) is 2.52. The van der Waals surface area contributed by atoms with E-state index in [-0.39, 0.29) is 11.5 Å². The molecule has 4 heteroatoms. The number of esters is 1. The van der Waals surface area contributed by atoms with Crippen LogP contribution in [-0.2, 0) is 4.74 Å². The first-order valence-corrected chi connectivity index (χ1v) is 4.68. The fourth-order valence-corrected chi connectivity index (χ4v) is 1.65. The molecule has 0 spiro atoms. The minimum Gasteiger partial charge on any atom is -0.493 e. The van der Waals surface area contributed by atoms with Crippen molar-refractivity contribution in [2.24, 2.45) is 0 Å². The second-order valence-electron chi connectivity index (χ2n) is 3.57. The Labute approximate surface area is 86.8 Å². The molecule has 0 radical (unpaired) electrons. The van der Waals surface area contributed by atoms with E-state index in [0.717, 1.165) is 5.56 Å². The van der Waals surface area contributed by atoms with Gasteiger partial charge in [-0.1, -0.05) is 6.92 Å². The van der Waals surface area contributed by atoms with Crippen LogP contribution >= 0.6 is 0 Å². The lowest BCUT2D eigenvalue weighted by Crippen LogP contribution is -2.05. The van der Waals surface area contributed by atoms with E-state index in [4.69, 9.17) is 4.74 Å². The Morgan fingerprint density at radius 1 is 1.60 bits per heavy atom. The zero-order chi connectivity index (χ0) is 11.0. The minimum absolute atomic E-state index is 0.0337. The molecule has 1 unspecified atom stereocenters. The number of halogens is 1. The van der Waals surface area contributed by atoms with E-state index in [1.54, 1.807) is 0 Å². The zero-order valence-electron chi connectivity index (χ0n) is 8.54. The van der Waals surface area contributed by atoms with Crippen molar-refractivity contribution in [2.75, 3.05) is 13.7 Å². The summed E-state index contributed by atoms with van der Waals surface area (Å²) in [4.78, 5) is 11.2. The van der Waals surface area contributed by atoms with Crippen molar-refractivity contribution in [3.05, 3.63) is 29.1 Å². The number of hydrogen-bond acceptors (Lipinski definition) is 3. The van der Waals surface area contributed by atoms with E-state index in [2.05, 4.69) is 4.74 Å². The van der Waals surface area contributed by atoms with Crippen molar-refractivity contribution in [3.63, 3.8) is 0 Å². The van der Waals surface area contributed by atoms with Gasteiger partial charge in [-0.15, -0.1) is 0 Å². The lowest BCUT2D eigenvalue weighted by Gasteiger charge is -2.05. The highest BCUT2D eigenvalue weighted by molar-refractivity contribution is 5.90. The molecular weight excluding hydrogens is 199 g/mol. The van der Waals surface area contributed by atoms with Crippen molar-refractivity contribution >= 4 is 5.97 Å². The molecule has 0 saturated carbocycles. The van der Waals surface area contributed by atoms with Gasteiger partial charge in [-0.3, -0.25) is 0 Å². The fraction of sp³-hybridized carbons (Fsp3) is 0.364. The van der Waals surface area contributed by atoms with Crippen LogP contribution in [0.1, 0.15) is 28.8 Å². The Bertz CT molecular complexity index is 415. The summed E-state index contributed by atoms with van der Waals surface area (Å²) in [5.74, 6) is -0.555. The molecule has 1 aromatic carbocycles. The summed E-state index contributed by atoms with van der Waals surface area (Å²) >= 11 is 0. The van der Waals surface area contributed by atoms with Gasteiger partial charge in [0.05, 0.1) is 19.3 Å². The molecule has 0 aliphatic carbocycles. The highest BCUT2D eigenvalue weighted by Gasteiger charge is 2.24. The van der Waals surface area contributed by atoms with Crippen LogP contribution in [-0.4, -0.2) is 19.7 Å². The maximum atomic E-state index is 13.4. The predicted octanol–water partition coefficient (Wildman–Crippen LogP) is 2.11. The predicted molar refractivity (Wildman–Crippen MR) is 51.6 cm³/mol. The fourth-order valence-electron chi connectivity index (χ4n) is 1.65. The first kappa shape index (κ1) is 9.96. The van der Waals surface area contributed by atoms with Gasteiger partial charge in [0.1, 0.15) is 11.6 Å². The number of carbonyl (C=O) groups is 1. The van der Waals surface area contributed by atoms with Crippen LogP contribution in [0.2, 0.25) is 0 Å². The lowest BCUT2D eigenvalue weighted by atomic mass is 10.0. The van der Waals surface area contributed by atoms with Crippen LogP contribution in [0.5, 0.6) is 5.75 Å². The summed E-state index contributed by atoms with van der Waals surface area (Å²) in [6, 6.07) is 2.75. The topological polar surface area (TPSA) is 35.5 Å². The lowest BCUT2D eigenvalue weighted by molar-refractivity contribution is 0.0595. The second kappa shape index (κ2) is 3.53. The smallest absolute Gasteiger partial charge is 0.340 e. The normalized spacial score (nSPS) is 18.2. The van der Waals surface area contributed by atoms with E-state index in [9.17, 15) is 9.18 Å². The van der Waals surface area contributed by atoms with Crippen LogP contribution in [0.25, 0.3) is 0 Å². The summed E-state index contributed by atoms with van der Waals surface area (Å²) in [6.07, 6.45) is 0. The van der Waals surface area contributed by atoms with Crippen LogP contribution in [0, 0.1) is 5.82 Å². The number of ether oxygens (including phenoxy) is 2. The first-order chi connectivity index (χ1) is 7.13. The van der Waals surface area contributed by atoms with E-state index in [1.807, 2.05) is 6.92 Å². The molecule has 3 nitrogen and oxygen atoms in total. The Morgan fingerprint density at radius 2 is 2.33 bits per heavy atom. The summed E-state index contributed by atoms with van der Waals surface area (Å²) in [5, 5.41) is 0. The molecule has 1 aliphatic rings. The average Bonchev–Trinajstić information content (AvgIpc) is 2.58. The van der Waals surface area contributed by atoms with Gasteiger partial charge in [-0.25, -0.2) is 9.18 Å². The molecule has 15 heavy (non-hydrogen) atoms. The third kappa shape index (κ3) is 1.56. The Balaban J connectivity index is 2.50. The number of rotatable bonds is 1. The summed E-state index contributed by atoms with van der Waals surface area (Å²) in [6.45, 7) is 2.49. The number of hydrogen-bond donors (Lipinski definition) is 0. The molecule has 0 amide bonds. The molecule has 1 aromatic rings. The van der Waals surface area contributed by atoms with Crippen LogP contribution in [0.3, 0.4) is 0 Å². The highest BCUT2D eigenvalue weighted by atomic mass is 19.1. The van der Waals surface area contributed by atoms with Crippen molar-refractivity contribution in [3.8, 4) is 5.75 Å². The van der Waals surface area contributed by atoms with Gasteiger partial charge in [-0.2, -0.15) is 0 Å². The Hall–Kier alpha value is -1.58. The van der Waals surface area contributed by atoms with Crippen LogP contribution < -0.4 is 4.74 Å². The van der Waals surface area contributed by atoms with Crippen molar-refractivity contribution in [1.82, 2.24) is 0 Å². The molecule has 1 atom stereocenters. The number of fused-ring (bicyclic) bond motifs is 1. The minimum atomic E-state index is -0.658. The number of benzene rings is 1. The monoisotopic (exact) mass is 210 g/mol. The van der Waals surface area contributed by atoms with E-state index in [0.29, 0.717) is 12.4 Å². The molecule has 0 N–H and O–H groups in total. The van der Waals surface area contributed by atoms with Crippen molar-refractivity contribution in [1.29, 1.82) is 0 Å². The Morgan fingerprint density at radius 3 is 3.00 bits per heavy atom.